The Morgan fingerprint density at radius 1 is 0.914 bits per heavy atom. The Labute approximate surface area is 209 Å². The largest absolute Gasteiger partial charge is 0.457 e. The summed E-state index contributed by atoms with van der Waals surface area (Å²) in [5, 5.41) is 15.1. The van der Waals surface area contributed by atoms with Crippen LogP contribution < -0.4 is 20.9 Å². The molecule has 0 bridgehead atoms. The molecule has 0 atom stereocenters. The van der Waals surface area contributed by atoms with E-state index in [0.717, 1.165) is 6.33 Å². The third-order valence-electron chi connectivity index (χ3n) is 4.57. The van der Waals surface area contributed by atoms with Gasteiger partial charge in [0.2, 0.25) is 11.6 Å². The molecule has 0 aliphatic rings. The number of carbonyl (C=O) groups is 1. The second-order valence-corrected chi connectivity index (χ2v) is 7.79. The summed E-state index contributed by atoms with van der Waals surface area (Å²) in [5.41, 5.74) is 4.96. The number of ether oxygens (including phenoxy) is 1. The number of halogens is 2. The predicted molar refractivity (Wildman–Crippen MR) is 132 cm³/mol. The van der Waals surface area contributed by atoms with Gasteiger partial charge in [0, 0.05) is 10.7 Å². The lowest BCUT2D eigenvalue weighted by Gasteiger charge is -2.12. The van der Waals surface area contributed by atoms with Crippen LogP contribution in [0.25, 0.3) is 0 Å². The number of carbonyl (C=O) groups excluding carboxylic acids is 1. The lowest BCUT2D eigenvalue weighted by atomic mass is 10.2. The van der Waals surface area contributed by atoms with Crippen LogP contribution in [-0.4, -0.2) is 20.8 Å². The second kappa shape index (κ2) is 10.7. The van der Waals surface area contributed by atoms with Crippen molar-refractivity contribution in [3.05, 3.63) is 105 Å². The van der Waals surface area contributed by atoms with Crippen molar-refractivity contribution in [2.45, 2.75) is 0 Å². The number of anilines is 3. The highest BCUT2D eigenvalue weighted by molar-refractivity contribution is 6.36. The van der Waals surface area contributed by atoms with Crippen LogP contribution >= 0.6 is 23.2 Å². The second-order valence-electron chi connectivity index (χ2n) is 6.94. The van der Waals surface area contributed by atoms with E-state index in [9.17, 15) is 14.9 Å². The molecule has 0 spiro atoms. The van der Waals surface area contributed by atoms with E-state index < -0.39 is 16.5 Å². The fourth-order valence-electron chi connectivity index (χ4n) is 2.96. The number of benzene rings is 3. The summed E-state index contributed by atoms with van der Waals surface area (Å²) >= 11 is 11.9. The third-order valence-corrected chi connectivity index (χ3v) is 5.12. The van der Waals surface area contributed by atoms with E-state index in [1.807, 2.05) is 30.3 Å². The first-order valence-electron chi connectivity index (χ1n) is 10.0. The summed E-state index contributed by atoms with van der Waals surface area (Å²) in [6.07, 6.45) is 1.12. The molecule has 0 aliphatic carbocycles. The van der Waals surface area contributed by atoms with Gasteiger partial charge < -0.3 is 10.1 Å². The summed E-state index contributed by atoms with van der Waals surface area (Å²) in [4.78, 5) is 31.4. The maximum atomic E-state index is 12.4. The Kier molecular flexibility index (Phi) is 7.24. The molecule has 0 saturated heterocycles. The number of hydrazine groups is 1. The minimum absolute atomic E-state index is 0.0806. The van der Waals surface area contributed by atoms with Crippen LogP contribution in [0.4, 0.5) is 23.0 Å². The molecule has 3 aromatic carbocycles. The van der Waals surface area contributed by atoms with Crippen molar-refractivity contribution in [2.24, 2.45) is 0 Å². The van der Waals surface area contributed by atoms with Gasteiger partial charge in [0.25, 0.3) is 5.91 Å². The average molecular weight is 511 g/mol. The zero-order valence-electron chi connectivity index (χ0n) is 17.7. The lowest BCUT2D eigenvalue weighted by molar-refractivity contribution is -0.383. The van der Waals surface area contributed by atoms with Gasteiger partial charge in [-0.1, -0.05) is 41.4 Å². The fraction of sp³-hybridized carbons (Fsp3) is 0. The Hall–Kier alpha value is -4.41. The molecular weight excluding hydrogens is 495 g/mol. The minimum Gasteiger partial charge on any atom is -0.457 e. The molecule has 0 unspecified atom stereocenters. The van der Waals surface area contributed by atoms with Crippen molar-refractivity contribution in [1.29, 1.82) is 0 Å². The van der Waals surface area contributed by atoms with Crippen molar-refractivity contribution in [1.82, 2.24) is 15.4 Å². The standard InChI is InChI=1S/C23H16Cl2N6O4/c24-14-6-11-18(19(25)12-14)23(32)30-29-22-20(31(33)34)21(26-13-27-22)28-15-7-9-17(10-8-15)35-16-4-2-1-3-5-16/h1-13H,(H,30,32)(H2,26,27,28,29). The molecule has 4 aromatic rings. The molecule has 0 saturated carbocycles. The van der Waals surface area contributed by atoms with Crippen LogP contribution in [0.2, 0.25) is 10.0 Å². The monoisotopic (exact) mass is 510 g/mol. The molecule has 1 heterocycles. The Morgan fingerprint density at radius 2 is 1.60 bits per heavy atom. The van der Waals surface area contributed by atoms with Crippen molar-refractivity contribution >= 4 is 52.1 Å². The van der Waals surface area contributed by atoms with Gasteiger partial charge >= 0.3 is 5.69 Å². The highest BCUT2D eigenvalue weighted by Gasteiger charge is 2.24. The van der Waals surface area contributed by atoms with Crippen LogP contribution in [0.15, 0.2) is 79.1 Å². The molecule has 12 heteroatoms. The van der Waals surface area contributed by atoms with Crippen LogP contribution in [-0.2, 0) is 0 Å². The molecular formula is C23H16Cl2N6O4. The van der Waals surface area contributed by atoms with E-state index in [-0.39, 0.29) is 22.2 Å². The summed E-state index contributed by atoms with van der Waals surface area (Å²) in [7, 11) is 0. The summed E-state index contributed by atoms with van der Waals surface area (Å²) in [6.45, 7) is 0. The Bertz CT molecular complexity index is 1370. The summed E-state index contributed by atoms with van der Waals surface area (Å²) in [6, 6.07) is 20.4. The van der Waals surface area contributed by atoms with Crippen LogP contribution in [0, 0.1) is 10.1 Å². The van der Waals surface area contributed by atoms with Gasteiger partial charge in [0.15, 0.2) is 0 Å². The topological polar surface area (TPSA) is 131 Å². The third kappa shape index (κ3) is 5.94. The number of rotatable bonds is 8. The molecule has 4 rings (SSSR count). The van der Waals surface area contributed by atoms with E-state index in [0.29, 0.717) is 22.2 Å². The van der Waals surface area contributed by atoms with Crippen LogP contribution in [0.5, 0.6) is 11.5 Å². The van der Waals surface area contributed by atoms with E-state index >= 15 is 0 Å². The summed E-state index contributed by atoms with van der Waals surface area (Å²) in [5.74, 6) is 0.322. The molecule has 1 amide bonds. The Balaban J connectivity index is 1.49. The quantitative estimate of drug-likeness (QED) is 0.194. The first-order chi connectivity index (χ1) is 16.9. The van der Waals surface area contributed by atoms with Crippen LogP contribution in [0.1, 0.15) is 10.4 Å². The Morgan fingerprint density at radius 3 is 2.29 bits per heavy atom. The van der Waals surface area contributed by atoms with E-state index in [1.54, 1.807) is 24.3 Å². The number of para-hydroxylation sites is 1. The number of nitrogens with zero attached hydrogens (tertiary/aromatic N) is 3. The number of nitro groups is 1. The molecule has 176 valence electrons. The number of hydrogen-bond donors (Lipinski definition) is 3. The molecule has 0 fully saturated rings. The zero-order valence-corrected chi connectivity index (χ0v) is 19.2. The number of aromatic nitrogens is 2. The number of nitrogens with one attached hydrogen (secondary N) is 3. The van der Waals surface area contributed by atoms with Gasteiger partial charge in [-0.05, 0) is 54.6 Å². The summed E-state index contributed by atoms with van der Waals surface area (Å²) < 4.78 is 5.74. The van der Waals surface area contributed by atoms with Gasteiger partial charge in [-0.15, -0.1) is 0 Å². The highest BCUT2D eigenvalue weighted by Crippen LogP contribution is 2.32. The average Bonchev–Trinajstić information content (AvgIpc) is 2.84. The van der Waals surface area contributed by atoms with E-state index in [4.69, 9.17) is 27.9 Å². The zero-order chi connectivity index (χ0) is 24.8. The molecule has 0 radical (unpaired) electrons. The lowest BCUT2D eigenvalue weighted by Crippen LogP contribution is -2.30. The minimum atomic E-state index is -0.668. The molecule has 10 nitrogen and oxygen atoms in total. The van der Waals surface area contributed by atoms with Gasteiger partial charge in [-0.25, -0.2) is 9.97 Å². The van der Waals surface area contributed by atoms with Gasteiger partial charge in [0.1, 0.15) is 17.8 Å². The molecule has 1 aromatic heterocycles. The van der Waals surface area contributed by atoms with E-state index in [1.165, 1.54) is 18.2 Å². The maximum Gasteiger partial charge on any atom is 0.355 e. The predicted octanol–water partition coefficient (Wildman–Crippen LogP) is 5.98. The van der Waals surface area contributed by atoms with Crippen molar-refractivity contribution in [3.8, 4) is 11.5 Å². The van der Waals surface area contributed by atoms with Crippen molar-refractivity contribution in [2.75, 3.05) is 10.7 Å². The first kappa shape index (κ1) is 23.7. The first-order valence-corrected chi connectivity index (χ1v) is 10.8. The van der Waals surface area contributed by atoms with E-state index in [2.05, 4.69) is 26.1 Å². The van der Waals surface area contributed by atoms with Gasteiger partial charge in [-0.3, -0.25) is 25.8 Å². The van der Waals surface area contributed by atoms with Crippen LogP contribution in [0.3, 0.4) is 0 Å². The molecule has 35 heavy (non-hydrogen) atoms. The highest BCUT2D eigenvalue weighted by atomic mass is 35.5. The smallest absolute Gasteiger partial charge is 0.355 e. The normalized spacial score (nSPS) is 10.3. The fourth-order valence-corrected chi connectivity index (χ4v) is 3.45. The number of hydrogen-bond acceptors (Lipinski definition) is 8. The molecule has 0 aliphatic heterocycles. The SMILES string of the molecule is O=C(NNc1ncnc(Nc2ccc(Oc3ccccc3)cc2)c1[N+](=O)[O-])c1ccc(Cl)cc1Cl. The van der Waals surface area contributed by atoms with Crippen molar-refractivity contribution in [3.63, 3.8) is 0 Å². The van der Waals surface area contributed by atoms with Crippen molar-refractivity contribution < 1.29 is 14.5 Å². The maximum absolute atomic E-state index is 12.4. The number of amides is 1. The van der Waals surface area contributed by atoms with Gasteiger partial charge in [-0.2, -0.15) is 0 Å². The molecule has 3 N–H and O–H groups in total. The van der Waals surface area contributed by atoms with Gasteiger partial charge in [0.05, 0.1) is 15.5 Å².